The zero-order valence-electron chi connectivity index (χ0n) is 10.6. The summed E-state index contributed by atoms with van der Waals surface area (Å²) in [6.45, 7) is 3.91. The van der Waals surface area contributed by atoms with Crippen LogP contribution in [0.4, 0.5) is 4.79 Å². The number of hydrogen-bond donors (Lipinski definition) is 0. The summed E-state index contributed by atoms with van der Waals surface area (Å²) in [6.07, 6.45) is 2.55. The van der Waals surface area contributed by atoms with Crippen LogP contribution in [0, 0.1) is 0 Å². The van der Waals surface area contributed by atoms with Crippen LogP contribution in [0.5, 0.6) is 5.75 Å². The second kappa shape index (κ2) is 4.61. The van der Waals surface area contributed by atoms with Crippen molar-refractivity contribution in [3.05, 3.63) is 42.7 Å². The molecule has 0 amide bonds. The third-order valence-electron chi connectivity index (χ3n) is 3.71. The minimum absolute atomic E-state index is 0.430. The fraction of sp³-hybridized carbons (Fsp3) is 0.400. The molecule has 1 saturated heterocycles. The van der Waals surface area contributed by atoms with E-state index in [1.807, 2.05) is 30.3 Å². The SMILES string of the molecule is C=C(Oc1ccccc1)C1OC(=O)OC12CCCC2. The minimum Gasteiger partial charge on any atom is -0.458 e. The molecule has 3 rings (SSSR count). The predicted octanol–water partition coefficient (Wildman–Crippen LogP) is 3.43. The molecular formula is C15H16O4. The molecule has 1 aliphatic carbocycles. The first kappa shape index (κ1) is 12.1. The molecule has 2 fully saturated rings. The first-order valence-electron chi connectivity index (χ1n) is 6.51. The second-order valence-electron chi connectivity index (χ2n) is 5.00. The molecule has 1 aliphatic heterocycles. The van der Waals surface area contributed by atoms with Crippen molar-refractivity contribution in [2.24, 2.45) is 0 Å². The summed E-state index contributed by atoms with van der Waals surface area (Å²) >= 11 is 0. The molecule has 1 atom stereocenters. The van der Waals surface area contributed by atoms with Crippen molar-refractivity contribution in [1.82, 2.24) is 0 Å². The monoisotopic (exact) mass is 260 g/mol. The number of rotatable bonds is 3. The standard InChI is InChI=1S/C15H16O4/c1-11(17-12-7-3-2-4-8-12)13-15(9-5-6-10-15)19-14(16)18-13/h2-4,7-8,13H,1,5-6,9-10H2. The van der Waals surface area contributed by atoms with Crippen LogP contribution in [0.15, 0.2) is 42.7 Å². The quantitative estimate of drug-likeness (QED) is 0.617. The molecule has 1 aromatic rings. The zero-order chi connectivity index (χ0) is 13.3. The van der Waals surface area contributed by atoms with Crippen LogP contribution >= 0.6 is 0 Å². The van der Waals surface area contributed by atoms with E-state index in [-0.39, 0.29) is 0 Å². The smallest absolute Gasteiger partial charge is 0.458 e. The van der Waals surface area contributed by atoms with Crippen LogP contribution in [-0.2, 0) is 9.47 Å². The number of carbonyl (C=O) groups is 1. The Hall–Kier alpha value is -1.97. The summed E-state index contributed by atoms with van der Waals surface area (Å²) in [4.78, 5) is 11.4. The van der Waals surface area contributed by atoms with Gasteiger partial charge >= 0.3 is 6.16 Å². The van der Waals surface area contributed by atoms with Gasteiger partial charge in [-0.25, -0.2) is 4.79 Å². The van der Waals surface area contributed by atoms with Crippen LogP contribution < -0.4 is 4.74 Å². The number of ether oxygens (including phenoxy) is 3. The molecule has 1 spiro atoms. The Kier molecular flexibility index (Phi) is 2.93. The van der Waals surface area contributed by atoms with E-state index in [9.17, 15) is 4.79 Å². The fourth-order valence-corrected chi connectivity index (χ4v) is 2.84. The molecule has 4 heteroatoms. The van der Waals surface area contributed by atoms with Gasteiger partial charge in [-0.3, -0.25) is 0 Å². The topological polar surface area (TPSA) is 44.8 Å². The van der Waals surface area contributed by atoms with Crippen molar-refractivity contribution in [3.63, 3.8) is 0 Å². The van der Waals surface area contributed by atoms with Crippen LogP contribution in [0.25, 0.3) is 0 Å². The van der Waals surface area contributed by atoms with Gasteiger partial charge in [0.25, 0.3) is 0 Å². The molecule has 1 heterocycles. The van der Waals surface area contributed by atoms with Gasteiger partial charge in [0.2, 0.25) is 6.10 Å². The van der Waals surface area contributed by atoms with Gasteiger partial charge in [0, 0.05) is 0 Å². The average Bonchev–Trinajstić information content (AvgIpc) is 2.99. The lowest BCUT2D eigenvalue weighted by Gasteiger charge is -2.26. The van der Waals surface area contributed by atoms with Crippen molar-refractivity contribution in [2.45, 2.75) is 37.4 Å². The van der Waals surface area contributed by atoms with E-state index in [0.29, 0.717) is 11.5 Å². The summed E-state index contributed by atoms with van der Waals surface area (Å²) in [5.41, 5.74) is -0.567. The van der Waals surface area contributed by atoms with Crippen LogP contribution in [0.1, 0.15) is 25.7 Å². The van der Waals surface area contributed by atoms with E-state index in [2.05, 4.69) is 6.58 Å². The molecule has 19 heavy (non-hydrogen) atoms. The van der Waals surface area contributed by atoms with E-state index in [1.165, 1.54) is 0 Å². The summed E-state index contributed by atoms with van der Waals surface area (Å²) in [5, 5.41) is 0. The molecule has 1 aromatic carbocycles. The minimum atomic E-state index is -0.621. The average molecular weight is 260 g/mol. The zero-order valence-corrected chi connectivity index (χ0v) is 10.6. The highest BCUT2D eigenvalue weighted by Gasteiger charge is 2.54. The van der Waals surface area contributed by atoms with Gasteiger partial charge in [0.05, 0.1) is 0 Å². The van der Waals surface area contributed by atoms with Crippen molar-refractivity contribution in [1.29, 1.82) is 0 Å². The third kappa shape index (κ3) is 2.18. The summed E-state index contributed by atoms with van der Waals surface area (Å²) in [7, 11) is 0. The number of hydrogen-bond acceptors (Lipinski definition) is 4. The van der Waals surface area contributed by atoms with Gasteiger partial charge in [0.1, 0.15) is 11.5 Å². The molecule has 1 unspecified atom stereocenters. The Morgan fingerprint density at radius 2 is 1.95 bits per heavy atom. The molecular weight excluding hydrogens is 244 g/mol. The Morgan fingerprint density at radius 1 is 1.26 bits per heavy atom. The first-order chi connectivity index (χ1) is 9.20. The predicted molar refractivity (Wildman–Crippen MR) is 68.8 cm³/mol. The molecule has 2 aliphatic rings. The molecule has 0 bridgehead atoms. The highest BCUT2D eigenvalue weighted by Crippen LogP contribution is 2.44. The highest BCUT2D eigenvalue weighted by atomic mass is 16.8. The van der Waals surface area contributed by atoms with Crippen LogP contribution in [0.2, 0.25) is 0 Å². The fourth-order valence-electron chi connectivity index (χ4n) is 2.84. The molecule has 0 radical (unpaired) electrons. The Labute approximate surface area is 112 Å². The van der Waals surface area contributed by atoms with E-state index in [1.54, 1.807) is 0 Å². The number of carbonyl (C=O) groups excluding carboxylic acids is 1. The number of benzene rings is 1. The lowest BCUT2D eigenvalue weighted by Crippen LogP contribution is -2.39. The van der Waals surface area contributed by atoms with Gasteiger partial charge in [-0.05, 0) is 37.8 Å². The lowest BCUT2D eigenvalue weighted by atomic mass is 9.94. The molecule has 0 aromatic heterocycles. The van der Waals surface area contributed by atoms with Gasteiger partial charge in [-0.2, -0.15) is 0 Å². The van der Waals surface area contributed by atoms with Gasteiger partial charge in [-0.1, -0.05) is 24.8 Å². The van der Waals surface area contributed by atoms with Crippen molar-refractivity contribution in [2.75, 3.05) is 0 Å². The Bertz CT molecular complexity index is 488. The van der Waals surface area contributed by atoms with Crippen molar-refractivity contribution in [3.8, 4) is 5.75 Å². The summed E-state index contributed by atoms with van der Waals surface area (Å²) in [5.74, 6) is 1.11. The van der Waals surface area contributed by atoms with E-state index in [0.717, 1.165) is 25.7 Å². The molecule has 1 saturated carbocycles. The van der Waals surface area contributed by atoms with E-state index >= 15 is 0 Å². The maximum atomic E-state index is 11.4. The van der Waals surface area contributed by atoms with Crippen LogP contribution in [-0.4, -0.2) is 17.9 Å². The largest absolute Gasteiger partial charge is 0.509 e. The normalized spacial score (nSPS) is 24.0. The van der Waals surface area contributed by atoms with Crippen molar-refractivity contribution < 1.29 is 19.0 Å². The highest BCUT2D eigenvalue weighted by molar-refractivity contribution is 5.64. The Balaban J connectivity index is 1.77. The number of cyclic esters (lactones) is 1. The maximum Gasteiger partial charge on any atom is 0.509 e. The van der Waals surface area contributed by atoms with E-state index in [4.69, 9.17) is 14.2 Å². The Morgan fingerprint density at radius 3 is 2.63 bits per heavy atom. The second-order valence-corrected chi connectivity index (χ2v) is 5.00. The third-order valence-corrected chi connectivity index (χ3v) is 3.71. The van der Waals surface area contributed by atoms with Gasteiger partial charge < -0.3 is 14.2 Å². The number of para-hydroxylation sites is 1. The molecule has 100 valence electrons. The van der Waals surface area contributed by atoms with Crippen molar-refractivity contribution >= 4 is 6.16 Å². The van der Waals surface area contributed by atoms with Gasteiger partial charge in [0.15, 0.2) is 5.60 Å². The van der Waals surface area contributed by atoms with Crippen LogP contribution in [0.3, 0.4) is 0 Å². The lowest BCUT2D eigenvalue weighted by molar-refractivity contribution is 0.0362. The summed E-state index contributed by atoms with van der Waals surface area (Å²) in [6, 6.07) is 9.34. The van der Waals surface area contributed by atoms with Gasteiger partial charge in [-0.15, -0.1) is 0 Å². The maximum absolute atomic E-state index is 11.4. The molecule has 4 nitrogen and oxygen atoms in total. The molecule has 0 N–H and O–H groups in total. The summed E-state index contributed by atoms with van der Waals surface area (Å²) < 4.78 is 16.3. The first-order valence-corrected chi connectivity index (χ1v) is 6.51. The van der Waals surface area contributed by atoms with E-state index < -0.39 is 17.9 Å².